The number of carbonyl (C=O) groups is 2. The first-order valence-corrected chi connectivity index (χ1v) is 8.68. The molecule has 0 saturated carbocycles. The molecule has 3 aromatic rings. The zero-order chi connectivity index (χ0) is 21.2. The molecule has 6 N–H and O–H groups in total. The number of amides is 1. The number of aromatic nitrogens is 3. The Morgan fingerprint density at radius 3 is 2.76 bits per heavy atom. The second-order valence-electron chi connectivity index (χ2n) is 5.69. The fourth-order valence-corrected chi connectivity index (χ4v) is 2.50. The lowest BCUT2D eigenvalue weighted by Crippen LogP contribution is -2.27. The number of nitrogens with one attached hydrogen (secondary N) is 2. The van der Waals surface area contributed by atoms with Crippen molar-refractivity contribution in [1.29, 1.82) is 0 Å². The second-order valence-corrected chi connectivity index (χ2v) is 5.69. The van der Waals surface area contributed by atoms with Crippen LogP contribution in [-0.4, -0.2) is 54.0 Å². The Hall–Kier alpha value is -3.63. The Labute approximate surface area is 167 Å². The van der Waals surface area contributed by atoms with E-state index < -0.39 is 11.9 Å². The third kappa shape index (κ3) is 5.67. The van der Waals surface area contributed by atoms with E-state index in [1.165, 1.54) is 20.4 Å². The minimum atomic E-state index is -0.720. The Morgan fingerprint density at radius 2 is 2.07 bits per heavy atom. The Bertz CT molecular complexity index is 981. The molecular weight excluding hydrogens is 374 g/mol. The molecule has 2 heterocycles. The quantitative estimate of drug-likeness (QED) is 0.408. The van der Waals surface area contributed by atoms with Gasteiger partial charge in [0.1, 0.15) is 18.1 Å². The number of aldehydes is 1. The topological polar surface area (TPSA) is 158 Å². The molecule has 0 aliphatic heterocycles. The Kier molecular flexibility index (Phi) is 7.95. The maximum absolute atomic E-state index is 11.7. The fraction of sp³-hybridized carbons (Fsp3) is 0.211. The third-order valence-electron chi connectivity index (χ3n) is 3.72. The summed E-state index contributed by atoms with van der Waals surface area (Å²) in [5.41, 5.74) is 11.4. The van der Waals surface area contributed by atoms with Crippen LogP contribution in [0.2, 0.25) is 0 Å². The molecule has 0 saturated heterocycles. The first kappa shape index (κ1) is 21.7. The highest BCUT2D eigenvalue weighted by atomic mass is 16.5. The van der Waals surface area contributed by atoms with Crippen molar-refractivity contribution in [1.82, 2.24) is 15.0 Å². The number of hydrogen-bond acceptors (Lipinski definition) is 9. The van der Waals surface area contributed by atoms with Gasteiger partial charge in [-0.25, -0.2) is 9.97 Å². The van der Waals surface area contributed by atoms with Gasteiger partial charge in [-0.2, -0.15) is 0 Å². The van der Waals surface area contributed by atoms with Crippen LogP contribution in [0.4, 0.5) is 17.3 Å². The minimum Gasteiger partial charge on any atom is -0.382 e. The van der Waals surface area contributed by atoms with E-state index in [9.17, 15) is 9.59 Å². The number of methoxy groups -OCH3 is 1. The van der Waals surface area contributed by atoms with E-state index in [0.717, 1.165) is 10.9 Å². The van der Waals surface area contributed by atoms with Crippen molar-refractivity contribution in [2.45, 2.75) is 6.04 Å². The highest BCUT2D eigenvalue weighted by Crippen LogP contribution is 2.22. The molecule has 0 radical (unpaired) electrons. The summed E-state index contributed by atoms with van der Waals surface area (Å²) in [6.45, 7) is 0.170. The minimum absolute atomic E-state index is 0.0128. The Balaban J connectivity index is 0.00000145. The fourth-order valence-electron chi connectivity index (χ4n) is 2.50. The first-order valence-electron chi connectivity index (χ1n) is 8.68. The predicted molar refractivity (Wildman–Crippen MR) is 111 cm³/mol. The van der Waals surface area contributed by atoms with Crippen molar-refractivity contribution in [2.75, 3.05) is 31.4 Å². The number of fused-ring (bicyclic) bond motifs is 1. The molecule has 0 spiro atoms. The van der Waals surface area contributed by atoms with Crippen LogP contribution in [0, 0.1) is 0 Å². The monoisotopic (exact) mass is 397 g/mol. The number of ether oxygens (including phenoxy) is 1. The molecule has 2 aromatic heterocycles. The summed E-state index contributed by atoms with van der Waals surface area (Å²) in [4.78, 5) is 35.4. The number of pyridine rings is 1. The zero-order valence-electron chi connectivity index (χ0n) is 16.1. The standard InChI is InChI=1S/C18H18N6O3.CH5N/c1-27-10-13(9-25)22-15-8-21-16(17(19)26)18(24-15)23-12-4-5-14-11(7-12)3-2-6-20-14;1-2/h2-9,13H,10H2,1H3,(H2,19,26)(H2,22,23,24);2H2,1H3/t13-;/m0./s1. The van der Waals surface area contributed by atoms with Gasteiger partial charge in [-0.1, -0.05) is 6.07 Å². The molecule has 1 aromatic carbocycles. The molecule has 3 rings (SSSR count). The van der Waals surface area contributed by atoms with Gasteiger partial charge in [-0.05, 0) is 31.3 Å². The number of nitrogens with two attached hydrogens (primary N) is 2. The predicted octanol–water partition coefficient (Wildman–Crippen LogP) is 1.07. The van der Waals surface area contributed by atoms with Gasteiger partial charge in [0, 0.05) is 24.4 Å². The smallest absolute Gasteiger partial charge is 0.271 e. The van der Waals surface area contributed by atoms with Crippen LogP contribution in [-0.2, 0) is 9.53 Å². The van der Waals surface area contributed by atoms with Crippen LogP contribution in [0.15, 0.2) is 42.7 Å². The average molecular weight is 397 g/mol. The maximum atomic E-state index is 11.7. The largest absolute Gasteiger partial charge is 0.382 e. The van der Waals surface area contributed by atoms with Crippen molar-refractivity contribution >= 4 is 40.4 Å². The Morgan fingerprint density at radius 1 is 1.28 bits per heavy atom. The first-order chi connectivity index (χ1) is 14.1. The molecule has 1 atom stereocenters. The van der Waals surface area contributed by atoms with Gasteiger partial charge in [-0.15, -0.1) is 0 Å². The van der Waals surface area contributed by atoms with Crippen molar-refractivity contribution in [3.05, 3.63) is 48.4 Å². The van der Waals surface area contributed by atoms with Gasteiger partial charge in [-0.3, -0.25) is 9.78 Å². The van der Waals surface area contributed by atoms with Crippen molar-refractivity contribution in [3.8, 4) is 0 Å². The average Bonchev–Trinajstić information content (AvgIpc) is 2.74. The van der Waals surface area contributed by atoms with Crippen LogP contribution in [0.3, 0.4) is 0 Å². The summed E-state index contributed by atoms with van der Waals surface area (Å²) in [6.07, 6.45) is 3.75. The lowest BCUT2D eigenvalue weighted by atomic mass is 10.2. The number of rotatable bonds is 8. The molecule has 0 aliphatic carbocycles. The third-order valence-corrected chi connectivity index (χ3v) is 3.72. The SMILES string of the molecule is CN.COC[C@H](C=O)Nc1cnc(C(N)=O)c(Nc2ccc3ncccc3c2)n1. The molecule has 0 fully saturated rings. The summed E-state index contributed by atoms with van der Waals surface area (Å²) < 4.78 is 4.96. The molecule has 0 aliphatic rings. The summed E-state index contributed by atoms with van der Waals surface area (Å²) in [5.74, 6) is -0.236. The van der Waals surface area contributed by atoms with Gasteiger partial charge in [0.15, 0.2) is 11.5 Å². The number of benzene rings is 1. The van der Waals surface area contributed by atoms with Gasteiger partial charge in [0.2, 0.25) is 0 Å². The molecule has 0 bridgehead atoms. The van der Waals surface area contributed by atoms with Gasteiger partial charge in [0.05, 0.1) is 18.3 Å². The van der Waals surface area contributed by atoms with Crippen molar-refractivity contribution in [3.63, 3.8) is 0 Å². The van der Waals surface area contributed by atoms with E-state index in [1.54, 1.807) is 12.3 Å². The van der Waals surface area contributed by atoms with Gasteiger partial charge >= 0.3 is 0 Å². The van der Waals surface area contributed by atoms with E-state index >= 15 is 0 Å². The number of primary amides is 1. The summed E-state index contributed by atoms with van der Waals surface area (Å²) in [6, 6.07) is 8.68. The second kappa shape index (κ2) is 10.6. The van der Waals surface area contributed by atoms with Crippen LogP contribution < -0.4 is 22.1 Å². The van der Waals surface area contributed by atoms with Crippen LogP contribution in [0.1, 0.15) is 10.5 Å². The summed E-state index contributed by atoms with van der Waals surface area (Å²) >= 11 is 0. The van der Waals surface area contributed by atoms with Gasteiger partial charge in [0.25, 0.3) is 5.91 Å². The highest BCUT2D eigenvalue weighted by Gasteiger charge is 2.15. The normalized spacial score (nSPS) is 11.1. The highest BCUT2D eigenvalue weighted by molar-refractivity contribution is 5.96. The summed E-state index contributed by atoms with van der Waals surface area (Å²) in [7, 11) is 2.99. The number of anilines is 3. The van der Waals surface area contributed by atoms with Crippen molar-refractivity contribution < 1.29 is 14.3 Å². The lowest BCUT2D eigenvalue weighted by molar-refractivity contribution is -0.109. The maximum Gasteiger partial charge on any atom is 0.271 e. The van der Waals surface area contributed by atoms with Crippen LogP contribution >= 0.6 is 0 Å². The number of nitrogens with zero attached hydrogens (tertiary/aromatic N) is 3. The molecule has 10 nitrogen and oxygen atoms in total. The van der Waals surface area contributed by atoms with E-state index in [4.69, 9.17) is 10.5 Å². The van der Waals surface area contributed by atoms with Crippen molar-refractivity contribution in [2.24, 2.45) is 11.5 Å². The number of carbonyl (C=O) groups excluding carboxylic acids is 2. The van der Waals surface area contributed by atoms with Gasteiger partial charge < -0.3 is 31.6 Å². The summed E-state index contributed by atoms with van der Waals surface area (Å²) in [5, 5.41) is 6.85. The molecule has 29 heavy (non-hydrogen) atoms. The van der Waals surface area contributed by atoms with E-state index in [1.807, 2.05) is 24.3 Å². The molecule has 10 heteroatoms. The van der Waals surface area contributed by atoms with E-state index in [0.29, 0.717) is 17.8 Å². The lowest BCUT2D eigenvalue weighted by Gasteiger charge is -2.14. The number of hydrogen-bond donors (Lipinski definition) is 4. The van der Waals surface area contributed by atoms with Crippen LogP contribution in [0.5, 0.6) is 0 Å². The molecule has 0 unspecified atom stereocenters. The molecule has 152 valence electrons. The molecular formula is C19H23N7O3. The zero-order valence-corrected chi connectivity index (χ0v) is 16.1. The van der Waals surface area contributed by atoms with Crippen LogP contribution in [0.25, 0.3) is 10.9 Å². The van der Waals surface area contributed by atoms with E-state index in [-0.39, 0.29) is 18.1 Å². The molecule has 1 amide bonds. The van der Waals surface area contributed by atoms with E-state index in [2.05, 4.69) is 31.3 Å².